The Hall–Kier alpha value is -14.6. The predicted molar refractivity (Wildman–Crippen MR) is 505 cm³/mol. The third-order valence-electron chi connectivity index (χ3n) is 27.7. The summed E-state index contributed by atoms with van der Waals surface area (Å²) in [6, 6.07) is 74.2. The molecule has 0 saturated heterocycles. The number of para-hydroxylation sites is 4. The normalized spacial score (nSPS) is 20.1. The molecule has 0 radical (unpaired) electrons. The lowest BCUT2D eigenvalue weighted by molar-refractivity contribution is -0.385. The minimum Gasteiger partial charge on any atom is -0.493 e. The van der Waals surface area contributed by atoms with Crippen LogP contribution in [-0.2, 0) is 47.8 Å². The Kier molecular flexibility index (Phi) is 20.3. The molecule has 0 N–H and O–H groups in total. The number of nitro groups is 4. The first-order chi connectivity index (χ1) is 62.2. The van der Waals surface area contributed by atoms with Crippen LogP contribution in [0.3, 0.4) is 0 Å². The zero-order valence-corrected chi connectivity index (χ0v) is 74.8. The largest absolute Gasteiger partial charge is 0.493 e. The van der Waals surface area contributed by atoms with E-state index in [1.54, 1.807) is 0 Å². The topological polar surface area (TPSA) is 259 Å². The Balaban J connectivity index is 0.000000171. The van der Waals surface area contributed by atoms with Crippen molar-refractivity contribution >= 4 is 93.0 Å². The number of hydrogen-bond acceptors (Lipinski definition) is 20. The number of hydrogen-bond donors (Lipinski definition) is 0. The van der Waals surface area contributed by atoms with Gasteiger partial charge in [0.05, 0.1) is 94.1 Å². The fourth-order valence-corrected chi connectivity index (χ4v) is 21.0. The summed E-state index contributed by atoms with van der Waals surface area (Å²) in [5.74, 6) is 2.88. The van der Waals surface area contributed by atoms with Crippen LogP contribution in [0.1, 0.15) is 122 Å². The summed E-state index contributed by atoms with van der Waals surface area (Å²) in [6.45, 7) is 18.8. The number of methoxy groups -OCH3 is 4. The molecule has 8 aliphatic heterocycles. The van der Waals surface area contributed by atoms with Gasteiger partial charge in [-0.3, -0.25) is 40.5 Å². The highest BCUT2D eigenvalue weighted by Gasteiger charge is 2.64. The van der Waals surface area contributed by atoms with Crippen molar-refractivity contribution in [2.75, 3.05) is 48.0 Å². The van der Waals surface area contributed by atoms with Crippen molar-refractivity contribution in [2.45, 2.75) is 126 Å². The number of non-ortho nitro benzene ring substituents is 4. The third kappa shape index (κ3) is 13.0. The molecule has 4 atom stereocenters. The van der Waals surface area contributed by atoms with Gasteiger partial charge < -0.3 is 57.5 Å². The van der Waals surface area contributed by atoms with Gasteiger partial charge in [0.15, 0.2) is 46.0 Å². The maximum Gasteiger partial charge on any atom is 0.274 e. The molecule has 0 amide bonds. The van der Waals surface area contributed by atoms with E-state index < -0.39 is 64.3 Å². The molecular weight excluding hydrogens is 1690 g/mol. The van der Waals surface area contributed by atoms with Crippen LogP contribution >= 0.6 is 23.2 Å². The van der Waals surface area contributed by atoms with E-state index >= 15 is 0 Å². The third-order valence-corrected chi connectivity index (χ3v) is 28.4. The van der Waals surface area contributed by atoms with E-state index in [0.29, 0.717) is 93.0 Å². The summed E-state index contributed by atoms with van der Waals surface area (Å²) >= 11 is 14.6. The summed E-state index contributed by atoms with van der Waals surface area (Å²) < 4.78 is 50.8. The molecule has 130 heavy (non-hydrogen) atoms. The van der Waals surface area contributed by atoms with E-state index in [4.69, 9.17) is 61.1 Å². The second-order valence-corrected chi connectivity index (χ2v) is 36.6. The Morgan fingerprint density at radius 3 is 0.738 bits per heavy atom. The summed E-state index contributed by atoms with van der Waals surface area (Å²) in [6.07, 6.45) is 15.5. The highest BCUT2D eigenvalue weighted by Crippen LogP contribution is 2.63. The van der Waals surface area contributed by atoms with Crippen molar-refractivity contribution in [3.05, 3.63) is 372 Å². The average molecular weight is 1780 g/mol. The maximum absolute atomic E-state index is 11.8. The Morgan fingerprint density at radius 2 is 0.515 bits per heavy atom. The zero-order valence-electron chi connectivity index (χ0n) is 73.3. The molecule has 12 aromatic carbocycles. The van der Waals surface area contributed by atoms with Gasteiger partial charge in [0.1, 0.15) is 0 Å². The lowest BCUT2D eigenvalue weighted by atomic mass is 9.76. The van der Waals surface area contributed by atoms with Crippen LogP contribution in [-0.4, -0.2) is 71.0 Å². The molecule has 0 aliphatic carbocycles. The number of nitrogens with zero attached hydrogens (tertiary/aromatic N) is 8. The summed E-state index contributed by atoms with van der Waals surface area (Å²) in [4.78, 5) is 54.2. The second-order valence-electron chi connectivity index (χ2n) is 35.7. The van der Waals surface area contributed by atoms with Gasteiger partial charge in [0.2, 0.25) is 22.9 Å². The molecule has 24 nitrogen and oxygen atoms in total. The summed E-state index contributed by atoms with van der Waals surface area (Å²) in [5, 5.41) is 48.0. The van der Waals surface area contributed by atoms with Crippen LogP contribution in [0.25, 0.3) is 46.6 Å². The van der Waals surface area contributed by atoms with E-state index in [9.17, 15) is 40.5 Å². The molecule has 0 bridgehead atoms. The number of fused-ring (bicyclic) bond motifs is 8. The maximum atomic E-state index is 11.8. The van der Waals surface area contributed by atoms with Gasteiger partial charge in [0.25, 0.3) is 22.7 Å². The highest BCUT2D eigenvalue weighted by atomic mass is 35.5. The van der Waals surface area contributed by atoms with Crippen LogP contribution in [0, 0.1) is 40.5 Å². The van der Waals surface area contributed by atoms with Crippen LogP contribution in [0.2, 0.25) is 10.0 Å². The first-order valence-corrected chi connectivity index (χ1v) is 43.2. The monoisotopic (exact) mass is 1780 g/mol. The van der Waals surface area contributed by atoms with Crippen molar-refractivity contribution < 1.29 is 57.6 Å². The molecule has 26 heteroatoms. The van der Waals surface area contributed by atoms with E-state index in [-0.39, 0.29) is 34.2 Å². The van der Waals surface area contributed by atoms with Crippen molar-refractivity contribution in [3.63, 3.8) is 0 Å². The minimum absolute atomic E-state index is 0.0582. The minimum atomic E-state index is -1.10. The SMILES string of the molecule is COc1cc([N+](=O)[O-])cc2c1OC1(C=C2)N(Cc2cc(Cl)c(CN3c4ccccc4C(C)(C)C34C=Cc3cc([N+](=O)[O-])cc(OC)c3O4)cc2Cl)c2ccccc2C1(C)C.COc1cc([N+](=O)[O-])cc2c1OC1(C=C2)N(Cc2ccc(-c3ccc(-c4ccc(CN5c6ccccc6C(C)(C)C56C=Cc5cc([N+](=O)[O-])cc(OC)c5O6)cc4)cc3)cc2)c2ccccc2C1(C)C. The van der Waals surface area contributed by atoms with Crippen LogP contribution < -0.4 is 57.5 Å². The van der Waals surface area contributed by atoms with Gasteiger partial charge in [-0.25, -0.2) is 0 Å². The molecule has 4 unspecified atom stereocenters. The molecule has 0 fully saturated rings. The number of benzene rings is 12. The second kappa shape index (κ2) is 31.1. The Morgan fingerprint density at radius 1 is 0.300 bits per heavy atom. The van der Waals surface area contributed by atoms with Crippen molar-refractivity contribution in [1.82, 2.24) is 0 Å². The first-order valence-electron chi connectivity index (χ1n) is 42.5. The Bertz CT molecular complexity index is 6470. The number of anilines is 4. The molecule has 8 aliphatic rings. The molecule has 4 spiro atoms. The zero-order chi connectivity index (χ0) is 91.3. The quantitative estimate of drug-likeness (QED) is 0.0571. The van der Waals surface area contributed by atoms with Gasteiger partial charge in [-0.15, -0.1) is 0 Å². The average Bonchev–Trinajstić information content (AvgIpc) is 1.56. The van der Waals surface area contributed by atoms with E-state index in [1.807, 2.05) is 121 Å². The molecule has 12 aromatic rings. The molecule has 8 heterocycles. The lowest BCUT2D eigenvalue weighted by Gasteiger charge is -2.47. The lowest BCUT2D eigenvalue weighted by Crippen LogP contribution is -2.59. The predicted octanol–water partition coefficient (Wildman–Crippen LogP) is 24.1. The number of nitro benzene ring substituents is 4. The van der Waals surface area contributed by atoms with E-state index in [1.165, 1.54) is 77.0 Å². The smallest absolute Gasteiger partial charge is 0.274 e. The number of rotatable bonds is 18. The highest BCUT2D eigenvalue weighted by molar-refractivity contribution is 6.34. The fraction of sp³-hybridized carbons (Fsp3) is 0.231. The molecule has 0 saturated carbocycles. The van der Waals surface area contributed by atoms with E-state index in [0.717, 1.165) is 89.5 Å². The number of halogens is 2. The first kappa shape index (κ1) is 84.8. The molecule has 656 valence electrons. The van der Waals surface area contributed by atoms with Gasteiger partial charge >= 0.3 is 0 Å². The van der Waals surface area contributed by atoms with Crippen molar-refractivity contribution in [3.8, 4) is 68.2 Å². The Labute approximate surface area is 760 Å². The number of ether oxygens (including phenoxy) is 8. The van der Waals surface area contributed by atoms with Gasteiger partial charge in [0, 0.05) is 105 Å². The van der Waals surface area contributed by atoms with Gasteiger partial charge in [-0.2, -0.15) is 0 Å². The standard InChI is InChI=1S/C58H50N4O8.C46H40Cl2N4O8/c1-55(2)47-11-7-9-13-49(47)59(57(55)29-27-43-31-45(61(63)64)33-51(67-5)53(43)69-57)35-37-15-19-39(20-16-37)41-23-25-42(26-24-41)40-21-17-38(18-22-40)36-60-50-14-10-8-12-48(50)56(3,4)58(60)30-28-44-32-46(62(65)66)34-52(68-6)54(44)70-58;1-43(2)33-11-7-9-13-37(33)49(45(43)17-15-27-19-31(51(53)54)23-39(57-5)41(27)59-45)25-29-21-36(48)30(22-35(29)47)26-50-38-14-10-8-12-34(38)44(3,4)46(50)18-16-28-20-32(52(55)56)24-40(58-6)42(28)60-46/h7-34H,35-36H2,1-6H3;7-24H,25-26H2,1-6H3. The molecule has 0 aromatic heterocycles. The molecule has 20 rings (SSSR count). The summed E-state index contributed by atoms with van der Waals surface area (Å²) in [7, 11) is 5.94. The van der Waals surface area contributed by atoms with Gasteiger partial charge in [-0.05, 0) is 207 Å². The van der Waals surface area contributed by atoms with Crippen molar-refractivity contribution in [1.29, 1.82) is 0 Å². The van der Waals surface area contributed by atoms with E-state index in [2.05, 4.69) is 184 Å². The summed E-state index contributed by atoms with van der Waals surface area (Å²) in [5.41, 5.74) is 12.1. The van der Waals surface area contributed by atoms with Crippen LogP contribution in [0.5, 0.6) is 46.0 Å². The van der Waals surface area contributed by atoms with Gasteiger partial charge in [-0.1, -0.05) is 169 Å². The molecular formula is C104H90Cl2N8O16. The fourth-order valence-electron chi connectivity index (χ4n) is 20.5. The van der Waals surface area contributed by atoms with Crippen LogP contribution in [0.4, 0.5) is 45.5 Å². The van der Waals surface area contributed by atoms with Crippen molar-refractivity contribution in [2.24, 2.45) is 0 Å². The van der Waals surface area contributed by atoms with Crippen LogP contribution in [0.15, 0.2) is 255 Å².